The summed E-state index contributed by atoms with van der Waals surface area (Å²) >= 11 is 0. The molecule has 1 aromatic heterocycles. The molecular formula is C25H22N4O4. The predicted octanol–water partition coefficient (Wildman–Crippen LogP) is 2.80. The van der Waals surface area contributed by atoms with E-state index >= 15 is 0 Å². The number of amides is 3. The number of para-hydroxylation sites is 1. The summed E-state index contributed by atoms with van der Waals surface area (Å²) in [6.45, 7) is 0.363. The quantitative estimate of drug-likeness (QED) is 0.281. The molecule has 0 aliphatic carbocycles. The van der Waals surface area contributed by atoms with E-state index in [2.05, 4.69) is 16.0 Å². The van der Waals surface area contributed by atoms with Crippen molar-refractivity contribution in [1.82, 2.24) is 10.6 Å². The van der Waals surface area contributed by atoms with Crippen LogP contribution in [0.4, 0.5) is 5.69 Å². The highest BCUT2D eigenvalue weighted by atomic mass is 16.3. The second-order valence-corrected chi connectivity index (χ2v) is 6.97. The van der Waals surface area contributed by atoms with Gasteiger partial charge in [-0.1, -0.05) is 48.5 Å². The smallest absolute Gasteiger partial charge is 0.313 e. The summed E-state index contributed by atoms with van der Waals surface area (Å²) in [7, 11) is 0. The molecular weight excluding hydrogens is 420 g/mol. The van der Waals surface area contributed by atoms with Crippen molar-refractivity contribution in [2.75, 3.05) is 11.9 Å². The molecule has 0 spiro atoms. The van der Waals surface area contributed by atoms with E-state index in [1.165, 1.54) is 6.08 Å². The molecule has 0 atom stereocenters. The van der Waals surface area contributed by atoms with E-state index in [-0.39, 0.29) is 17.9 Å². The van der Waals surface area contributed by atoms with Gasteiger partial charge < -0.3 is 20.4 Å². The molecule has 0 aliphatic rings. The van der Waals surface area contributed by atoms with Crippen LogP contribution in [0.15, 0.2) is 82.8 Å². The summed E-state index contributed by atoms with van der Waals surface area (Å²) in [6.07, 6.45) is 1.97. The van der Waals surface area contributed by atoms with Crippen LogP contribution in [0.1, 0.15) is 17.1 Å². The highest BCUT2D eigenvalue weighted by Gasteiger charge is 2.14. The van der Waals surface area contributed by atoms with Gasteiger partial charge in [-0.3, -0.25) is 14.4 Å². The number of furan rings is 1. The Morgan fingerprint density at radius 2 is 1.55 bits per heavy atom. The number of benzene rings is 2. The van der Waals surface area contributed by atoms with Gasteiger partial charge in [0.15, 0.2) is 0 Å². The van der Waals surface area contributed by atoms with Gasteiger partial charge in [0.25, 0.3) is 5.91 Å². The van der Waals surface area contributed by atoms with Crippen LogP contribution in [0.3, 0.4) is 0 Å². The summed E-state index contributed by atoms with van der Waals surface area (Å²) in [5.41, 5.74) is 1.49. The topological polar surface area (TPSA) is 124 Å². The monoisotopic (exact) mass is 442 g/mol. The van der Waals surface area contributed by atoms with Crippen LogP contribution in [0.2, 0.25) is 0 Å². The Labute approximate surface area is 190 Å². The number of carbonyl (C=O) groups is 3. The van der Waals surface area contributed by atoms with Crippen LogP contribution >= 0.6 is 0 Å². The molecule has 3 aromatic rings. The Kier molecular flexibility index (Phi) is 8.15. The van der Waals surface area contributed by atoms with Gasteiger partial charge in [-0.05, 0) is 36.2 Å². The minimum Gasteiger partial charge on any atom is -0.460 e. The van der Waals surface area contributed by atoms with Crippen LogP contribution in [0.25, 0.3) is 6.08 Å². The van der Waals surface area contributed by atoms with E-state index in [1.807, 2.05) is 36.4 Å². The van der Waals surface area contributed by atoms with Gasteiger partial charge in [-0.25, -0.2) is 0 Å². The zero-order valence-corrected chi connectivity index (χ0v) is 17.7. The molecule has 8 heteroatoms. The molecule has 0 saturated heterocycles. The van der Waals surface area contributed by atoms with Gasteiger partial charge in [0.1, 0.15) is 23.2 Å². The molecule has 0 bridgehead atoms. The molecule has 8 nitrogen and oxygen atoms in total. The second-order valence-electron chi connectivity index (χ2n) is 6.97. The molecule has 0 aliphatic heterocycles. The average molecular weight is 442 g/mol. The van der Waals surface area contributed by atoms with E-state index in [9.17, 15) is 19.6 Å². The fourth-order valence-electron chi connectivity index (χ4n) is 2.88. The van der Waals surface area contributed by atoms with Gasteiger partial charge in [-0.15, -0.1) is 0 Å². The average Bonchev–Trinajstić information content (AvgIpc) is 3.29. The number of nitrogens with zero attached hydrogens (tertiary/aromatic N) is 1. The van der Waals surface area contributed by atoms with Gasteiger partial charge in [-0.2, -0.15) is 5.26 Å². The SMILES string of the molecule is N#C/C(=C/c1ccc(CNC(=O)C(=O)Nc2ccccc2)o1)C(=O)NCCc1ccccc1. The molecule has 166 valence electrons. The minimum absolute atomic E-state index is 0.0277. The van der Waals surface area contributed by atoms with Crippen molar-refractivity contribution in [3.63, 3.8) is 0 Å². The maximum Gasteiger partial charge on any atom is 0.313 e. The van der Waals surface area contributed by atoms with Crippen molar-refractivity contribution in [2.45, 2.75) is 13.0 Å². The first-order valence-corrected chi connectivity index (χ1v) is 10.2. The van der Waals surface area contributed by atoms with E-state index in [0.717, 1.165) is 5.56 Å². The first kappa shape index (κ1) is 23.0. The van der Waals surface area contributed by atoms with Crippen molar-refractivity contribution in [1.29, 1.82) is 5.26 Å². The third kappa shape index (κ3) is 7.22. The van der Waals surface area contributed by atoms with Crippen LogP contribution in [-0.2, 0) is 27.3 Å². The number of carbonyl (C=O) groups excluding carboxylic acids is 3. The normalized spacial score (nSPS) is 10.7. The Morgan fingerprint density at radius 3 is 2.24 bits per heavy atom. The minimum atomic E-state index is -0.817. The number of hydrogen-bond donors (Lipinski definition) is 3. The number of rotatable bonds is 8. The van der Waals surface area contributed by atoms with Crippen LogP contribution in [0.5, 0.6) is 0 Å². The molecule has 33 heavy (non-hydrogen) atoms. The third-order valence-electron chi connectivity index (χ3n) is 4.54. The zero-order valence-electron chi connectivity index (χ0n) is 17.7. The number of nitriles is 1. The standard InChI is InChI=1S/C25H22N4O4/c26-16-19(23(30)27-14-13-18-7-3-1-4-8-18)15-21-11-12-22(33-21)17-28-24(31)25(32)29-20-9-5-2-6-10-20/h1-12,15H,13-14,17H2,(H,27,30)(H,28,31)(H,29,32)/b19-15-. The maximum atomic E-state index is 12.3. The summed E-state index contributed by atoms with van der Waals surface area (Å²) in [4.78, 5) is 36.2. The summed E-state index contributed by atoms with van der Waals surface area (Å²) in [5, 5.41) is 17.0. The molecule has 0 fully saturated rings. The summed E-state index contributed by atoms with van der Waals surface area (Å²) < 4.78 is 5.53. The maximum absolute atomic E-state index is 12.3. The molecule has 2 aromatic carbocycles. The molecule has 0 radical (unpaired) electrons. The Balaban J connectivity index is 1.49. The number of hydrogen-bond acceptors (Lipinski definition) is 5. The molecule has 3 N–H and O–H groups in total. The van der Waals surface area contributed by atoms with Crippen molar-refractivity contribution >= 4 is 29.5 Å². The lowest BCUT2D eigenvalue weighted by molar-refractivity contribution is -0.136. The molecule has 3 rings (SSSR count). The lowest BCUT2D eigenvalue weighted by Crippen LogP contribution is -2.34. The fraction of sp³-hybridized carbons (Fsp3) is 0.120. The van der Waals surface area contributed by atoms with Gasteiger partial charge >= 0.3 is 11.8 Å². The Bertz CT molecular complexity index is 1180. The van der Waals surface area contributed by atoms with Gasteiger partial charge in [0.2, 0.25) is 0 Å². The van der Waals surface area contributed by atoms with E-state index < -0.39 is 17.7 Å². The second kappa shape index (κ2) is 11.7. The predicted molar refractivity (Wildman–Crippen MR) is 122 cm³/mol. The van der Waals surface area contributed by atoms with Gasteiger partial charge in [0.05, 0.1) is 6.54 Å². The van der Waals surface area contributed by atoms with E-state index in [0.29, 0.717) is 24.4 Å². The van der Waals surface area contributed by atoms with Crippen LogP contribution in [-0.4, -0.2) is 24.3 Å². The lowest BCUT2D eigenvalue weighted by Gasteiger charge is -2.05. The first-order chi connectivity index (χ1) is 16.0. The third-order valence-corrected chi connectivity index (χ3v) is 4.54. The summed E-state index contributed by atoms with van der Waals surface area (Å²) in [6, 6.07) is 23.3. The molecule has 0 saturated carbocycles. The summed E-state index contributed by atoms with van der Waals surface area (Å²) in [5.74, 6) is -1.47. The Morgan fingerprint density at radius 1 is 0.848 bits per heavy atom. The zero-order chi connectivity index (χ0) is 23.5. The molecule has 3 amide bonds. The van der Waals surface area contributed by atoms with Crippen molar-refractivity contribution in [3.05, 3.63) is 95.5 Å². The van der Waals surface area contributed by atoms with Crippen molar-refractivity contribution in [3.8, 4) is 6.07 Å². The number of anilines is 1. The van der Waals surface area contributed by atoms with E-state index in [4.69, 9.17) is 4.42 Å². The number of nitrogens with one attached hydrogen (secondary N) is 3. The molecule has 1 heterocycles. The molecule has 0 unspecified atom stereocenters. The lowest BCUT2D eigenvalue weighted by atomic mass is 10.1. The largest absolute Gasteiger partial charge is 0.460 e. The van der Waals surface area contributed by atoms with Crippen molar-refractivity contribution < 1.29 is 18.8 Å². The highest BCUT2D eigenvalue weighted by Crippen LogP contribution is 2.12. The fourth-order valence-corrected chi connectivity index (χ4v) is 2.88. The van der Waals surface area contributed by atoms with Crippen LogP contribution < -0.4 is 16.0 Å². The van der Waals surface area contributed by atoms with Crippen molar-refractivity contribution in [2.24, 2.45) is 0 Å². The first-order valence-electron chi connectivity index (χ1n) is 10.2. The Hall–Kier alpha value is -4.64. The van der Waals surface area contributed by atoms with Gasteiger partial charge in [0, 0.05) is 18.3 Å². The van der Waals surface area contributed by atoms with Crippen LogP contribution in [0, 0.1) is 11.3 Å². The van der Waals surface area contributed by atoms with E-state index in [1.54, 1.807) is 42.5 Å². The highest BCUT2D eigenvalue weighted by molar-refractivity contribution is 6.39.